The maximum Gasteiger partial charge on any atom is 0.225 e. The van der Waals surface area contributed by atoms with Crippen LogP contribution in [-0.2, 0) is 4.79 Å². The third kappa shape index (κ3) is 2.35. The highest BCUT2D eigenvalue weighted by Gasteiger charge is 2.40. The van der Waals surface area contributed by atoms with E-state index < -0.39 is 0 Å². The second-order valence-corrected chi connectivity index (χ2v) is 5.61. The van der Waals surface area contributed by atoms with Crippen LogP contribution in [0.25, 0.3) is 0 Å². The Bertz CT molecular complexity index is 235. The van der Waals surface area contributed by atoms with E-state index in [2.05, 4.69) is 25.7 Å². The van der Waals surface area contributed by atoms with Crippen molar-refractivity contribution in [3.63, 3.8) is 0 Å². The monoisotopic (exact) mass is 211 g/mol. The lowest BCUT2D eigenvalue weighted by Gasteiger charge is -2.48. The number of hydrogen-bond acceptors (Lipinski definition) is 1. The highest BCUT2D eigenvalue weighted by atomic mass is 16.2. The number of amides is 1. The Kier molecular flexibility index (Phi) is 3.80. The zero-order valence-electron chi connectivity index (χ0n) is 10.8. The predicted octanol–water partition coefficient (Wildman–Crippen LogP) is 3.07. The van der Waals surface area contributed by atoms with E-state index in [-0.39, 0.29) is 11.5 Å². The third-order valence-electron chi connectivity index (χ3n) is 3.93. The molecule has 1 saturated heterocycles. The van der Waals surface area contributed by atoms with Gasteiger partial charge in [0.25, 0.3) is 0 Å². The third-order valence-corrected chi connectivity index (χ3v) is 3.93. The van der Waals surface area contributed by atoms with Crippen LogP contribution < -0.4 is 0 Å². The van der Waals surface area contributed by atoms with Gasteiger partial charge >= 0.3 is 0 Å². The molecule has 15 heavy (non-hydrogen) atoms. The number of piperidine rings is 1. The van der Waals surface area contributed by atoms with Crippen molar-refractivity contribution in [1.29, 1.82) is 0 Å². The molecule has 0 aromatic heterocycles. The number of hydrogen-bond donors (Lipinski definition) is 0. The van der Waals surface area contributed by atoms with Gasteiger partial charge < -0.3 is 4.90 Å². The van der Waals surface area contributed by atoms with Gasteiger partial charge in [0, 0.05) is 18.0 Å². The second-order valence-electron chi connectivity index (χ2n) is 5.61. The Morgan fingerprint density at radius 1 is 1.20 bits per heavy atom. The maximum atomic E-state index is 12.1. The molecule has 0 aromatic rings. The smallest absolute Gasteiger partial charge is 0.225 e. The van der Waals surface area contributed by atoms with Gasteiger partial charge in [0.05, 0.1) is 0 Å². The molecule has 1 heterocycles. The SMILES string of the molecule is CC(C)C(=O)N1CCCCC1(C)C(C)C. The van der Waals surface area contributed by atoms with Crippen molar-refractivity contribution in [1.82, 2.24) is 4.90 Å². The van der Waals surface area contributed by atoms with Crippen LogP contribution in [0.4, 0.5) is 0 Å². The summed E-state index contributed by atoms with van der Waals surface area (Å²) in [7, 11) is 0. The van der Waals surface area contributed by atoms with Gasteiger partial charge in [-0.05, 0) is 32.1 Å². The number of carbonyl (C=O) groups is 1. The van der Waals surface area contributed by atoms with E-state index in [9.17, 15) is 4.79 Å². The summed E-state index contributed by atoms with van der Waals surface area (Å²) in [5, 5.41) is 0. The Hall–Kier alpha value is -0.530. The van der Waals surface area contributed by atoms with Crippen LogP contribution in [-0.4, -0.2) is 22.9 Å². The summed E-state index contributed by atoms with van der Waals surface area (Å²) < 4.78 is 0. The molecule has 0 bridgehead atoms. The van der Waals surface area contributed by atoms with Crippen LogP contribution in [0.1, 0.15) is 53.9 Å². The standard InChI is InChI=1S/C13H25NO/c1-10(2)12(15)14-9-7-6-8-13(14,5)11(3)4/h10-11H,6-9H2,1-5H3. The summed E-state index contributed by atoms with van der Waals surface area (Å²) >= 11 is 0. The molecule has 0 spiro atoms. The first-order valence-electron chi connectivity index (χ1n) is 6.21. The minimum Gasteiger partial charge on any atom is -0.337 e. The number of rotatable bonds is 2. The molecule has 0 aromatic carbocycles. The van der Waals surface area contributed by atoms with Crippen LogP contribution in [0, 0.1) is 11.8 Å². The van der Waals surface area contributed by atoms with Gasteiger partial charge in [0.15, 0.2) is 0 Å². The zero-order chi connectivity index (χ0) is 11.6. The number of carbonyl (C=O) groups excluding carboxylic acids is 1. The molecular weight excluding hydrogens is 186 g/mol. The van der Waals surface area contributed by atoms with E-state index in [0.717, 1.165) is 13.0 Å². The van der Waals surface area contributed by atoms with Crippen LogP contribution >= 0.6 is 0 Å². The van der Waals surface area contributed by atoms with Crippen molar-refractivity contribution in [2.45, 2.75) is 59.4 Å². The molecule has 2 heteroatoms. The van der Waals surface area contributed by atoms with E-state index in [4.69, 9.17) is 0 Å². The second kappa shape index (κ2) is 4.54. The Morgan fingerprint density at radius 2 is 1.80 bits per heavy atom. The van der Waals surface area contributed by atoms with Crippen molar-refractivity contribution in [3.8, 4) is 0 Å². The fourth-order valence-corrected chi connectivity index (χ4v) is 2.42. The largest absolute Gasteiger partial charge is 0.337 e. The van der Waals surface area contributed by atoms with E-state index in [0.29, 0.717) is 11.8 Å². The molecule has 1 unspecified atom stereocenters. The van der Waals surface area contributed by atoms with E-state index >= 15 is 0 Å². The van der Waals surface area contributed by atoms with Crippen LogP contribution in [0.3, 0.4) is 0 Å². The van der Waals surface area contributed by atoms with E-state index in [1.165, 1.54) is 12.8 Å². The summed E-state index contributed by atoms with van der Waals surface area (Å²) in [5.41, 5.74) is 0.0829. The highest BCUT2D eigenvalue weighted by molar-refractivity contribution is 5.79. The minimum atomic E-state index is 0.0829. The molecule has 1 amide bonds. The summed E-state index contributed by atoms with van der Waals surface area (Å²) in [6, 6.07) is 0. The van der Waals surface area contributed by atoms with Gasteiger partial charge in [0.2, 0.25) is 5.91 Å². The van der Waals surface area contributed by atoms with Crippen LogP contribution in [0.5, 0.6) is 0 Å². The minimum absolute atomic E-state index is 0.0829. The van der Waals surface area contributed by atoms with Gasteiger partial charge in [-0.3, -0.25) is 4.79 Å². The van der Waals surface area contributed by atoms with Gasteiger partial charge in [-0.1, -0.05) is 27.7 Å². The molecule has 1 aliphatic rings. The quantitative estimate of drug-likeness (QED) is 0.687. The highest BCUT2D eigenvalue weighted by Crippen LogP contribution is 2.35. The molecular formula is C13H25NO. The van der Waals surface area contributed by atoms with Gasteiger partial charge in [-0.2, -0.15) is 0 Å². The summed E-state index contributed by atoms with van der Waals surface area (Å²) in [5.74, 6) is 0.993. The molecule has 1 rings (SSSR count). The molecule has 0 aliphatic carbocycles. The lowest BCUT2D eigenvalue weighted by Crippen LogP contribution is -2.56. The first-order valence-corrected chi connectivity index (χ1v) is 6.21. The van der Waals surface area contributed by atoms with Crippen LogP contribution in [0.15, 0.2) is 0 Å². The van der Waals surface area contributed by atoms with Crippen molar-refractivity contribution in [2.75, 3.05) is 6.54 Å². The lowest BCUT2D eigenvalue weighted by atomic mass is 9.78. The predicted molar refractivity (Wildman–Crippen MR) is 63.6 cm³/mol. The first-order chi connectivity index (χ1) is 6.89. The fourth-order valence-electron chi connectivity index (χ4n) is 2.42. The average molecular weight is 211 g/mol. The molecule has 0 saturated carbocycles. The topological polar surface area (TPSA) is 20.3 Å². The average Bonchev–Trinajstić information content (AvgIpc) is 2.17. The number of nitrogens with zero attached hydrogens (tertiary/aromatic N) is 1. The van der Waals surface area contributed by atoms with E-state index in [1.54, 1.807) is 0 Å². The molecule has 0 N–H and O–H groups in total. The summed E-state index contributed by atoms with van der Waals surface area (Å²) in [6.45, 7) is 11.6. The van der Waals surface area contributed by atoms with Gasteiger partial charge in [-0.25, -0.2) is 0 Å². The Labute approximate surface area is 94.0 Å². The van der Waals surface area contributed by atoms with Crippen molar-refractivity contribution in [2.24, 2.45) is 11.8 Å². The van der Waals surface area contributed by atoms with E-state index in [1.807, 2.05) is 13.8 Å². The molecule has 88 valence electrons. The molecule has 1 aliphatic heterocycles. The Balaban J connectivity index is 2.87. The fraction of sp³-hybridized carbons (Fsp3) is 0.923. The summed E-state index contributed by atoms with van der Waals surface area (Å²) in [6.07, 6.45) is 3.58. The van der Waals surface area contributed by atoms with Gasteiger partial charge in [-0.15, -0.1) is 0 Å². The zero-order valence-corrected chi connectivity index (χ0v) is 10.8. The summed E-state index contributed by atoms with van der Waals surface area (Å²) in [4.78, 5) is 14.3. The van der Waals surface area contributed by atoms with Crippen molar-refractivity contribution < 1.29 is 4.79 Å². The lowest BCUT2D eigenvalue weighted by molar-refractivity contribution is -0.145. The van der Waals surface area contributed by atoms with Crippen LogP contribution in [0.2, 0.25) is 0 Å². The first kappa shape index (κ1) is 12.5. The normalized spacial score (nSPS) is 27.5. The van der Waals surface area contributed by atoms with Crippen molar-refractivity contribution in [3.05, 3.63) is 0 Å². The molecule has 2 nitrogen and oxygen atoms in total. The maximum absolute atomic E-state index is 12.1. The number of likely N-dealkylation sites (tertiary alicyclic amines) is 1. The molecule has 1 fully saturated rings. The van der Waals surface area contributed by atoms with Crippen molar-refractivity contribution >= 4 is 5.91 Å². The molecule has 0 radical (unpaired) electrons. The Morgan fingerprint density at radius 3 is 2.27 bits per heavy atom. The van der Waals surface area contributed by atoms with Gasteiger partial charge in [0.1, 0.15) is 0 Å². The molecule has 1 atom stereocenters.